The number of anilines is 2. The molecule has 1 heterocycles. The molecular weight excluding hydrogens is 212 g/mol. The van der Waals surface area contributed by atoms with Crippen LogP contribution >= 0.6 is 0 Å². The number of hydrogen-bond acceptors (Lipinski definition) is 3. The van der Waals surface area contributed by atoms with Gasteiger partial charge in [-0.1, -0.05) is 0 Å². The number of hydrogen-bond donors (Lipinski definition) is 2. The minimum Gasteiger partial charge on any atom is -0.378 e. The number of nitrogens with zero attached hydrogens (tertiary/aromatic N) is 2. The van der Waals surface area contributed by atoms with Gasteiger partial charge in [-0.2, -0.15) is 5.10 Å². The van der Waals surface area contributed by atoms with Crippen molar-refractivity contribution in [1.29, 1.82) is 0 Å². The Bertz CT molecular complexity index is 445. The third kappa shape index (κ3) is 2.78. The molecule has 17 heavy (non-hydrogen) atoms. The van der Waals surface area contributed by atoms with E-state index in [1.165, 1.54) is 5.69 Å². The van der Waals surface area contributed by atoms with Gasteiger partial charge in [0.15, 0.2) is 0 Å². The fourth-order valence-electron chi connectivity index (χ4n) is 1.69. The Morgan fingerprint density at radius 2 is 1.88 bits per heavy atom. The Hall–Kier alpha value is -1.97. The molecule has 0 fully saturated rings. The van der Waals surface area contributed by atoms with E-state index in [0.717, 1.165) is 11.4 Å². The van der Waals surface area contributed by atoms with Crippen molar-refractivity contribution < 1.29 is 0 Å². The van der Waals surface area contributed by atoms with Gasteiger partial charge in [-0.3, -0.25) is 5.10 Å². The summed E-state index contributed by atoms with van der Waals surface area (Å²) in [4.78, 5) is 2.09. The van der Waals surface area contributed by atoms with Crippen LogP contribution in [0.2, 0.25) is 0 Å². The fraction of sp³-hybridized carbons (Fsp3) is 0.308. The van der Waals surface area contributed by atoms with Crippen molar-refractivity contribution in [2.24, 2.45) is 0 Å². The molecule has 1 unspecified atom stereocenters. The van der Waals surface area contributed by atoms with Crippen LogP contribution < -0.4 is 10.2 Å². The smallest absolute Gasteiger partial charge is 0.0651 e. The lowest BCUT2D eigenvalue weighted by molar-refractivity contribution is 0.825. The molecule has 1 aromatic carbocycles. The summed E-state index contributed by atoms with van der Waals surface area (Å²) in [6, 6.07) is 10.6. The van der Waals surface area contributed by atoms with Gasteiger partial charge in [0.25, 0.3) is 0 Å². The average Bonchev–Trinajstić information content (AvgIpc) is 2.83. The number of aromatic amines is 1. The van der Waals surface area contributed by atoms with Gasteiger partial charge in [0.1, 0.15) is 0 Å². The van der Waals surface area contributed by atoms with Crippen LogP contribution in [0, 0.1) is 0 Å². The maximum Gasteiger partial charge on any atom is 0.0651 e. The van der Waals surface area contributed by atoms with E-state index in [1.807, 2.05) is 20.2 Å². The van der Waals surface area contributed by atoms with Crippen LogP contribution in [0.3, 0.4) is 0 Å². The second-order valence-electron chi connectivity index (χ2n) is 4.32. The quantitative estimate of drug-likeness (QED) is 0.848. The Kier molecular flexibility index (Phi) is 3.32. The van der Waals surface area contributed by atoms with Crippen LogP contribution in [0.25, 0.3) is 0 Å². The Morgan fingerprint density at radius 3 is 2.41 bits per heavy atom. The van der Waals surface area contributed by atoms with Crippen LogP contribution in [0.15, 0.2) is 36.5 Å². The topological polar surface area (TPSA) is 44.0 Å². The molecule has 4 nitrogen and oxygen atoms in total. The molecule has 1 aromatic heterocycles. The number of H-pyrrole nitrogens is 1. The lowest BCUT2D eigenvalue weighted by Crippen LogP contribution is -2.09. The molecule has 0 bridgehead atoms. The molecule has 0 saturated carbocycles. The SMILES string of the molecule is CC(Nc1ccc(N(C)C)cc1)c1ccn[nH]1. The normalized spacial score (nSPS) is 12.2. The first-order valence-electron chi connectivity index (χ1n) is 5.70. The molecule has 2 rings (SSSR count). The predicted molar refractivity (Wildman–Crippen MR) is 71.4 cm³/mol. The van der Waals surface area contributed by atoms with Gasteiger partial charge in [-0.05, 0) is 37.3 Å². The lowest BCUT2D eigenvalue weighted by atomic mass is 10.2. The van der Waals surface area contributed by atoms with E-state index in [4.69, 9.17) is 0 Å². The highest BCUT2D eigenvalue weighted by molar-refractivity contribution is 5.54. The molecule has 0 aliphatic rings. The monoisotopic (exact) mass is 230 g/mol. The van der Waals surface area contributed by atoms with Crippen molar-refractivity contribution in [1.82, 2.24) is 10.2 Å². The van der Waals surface area contributed by atoms with Gasteiger partial charge < -0.3 is 10.2 Å². The summed E-state index contributed by atoms with van der Waals surface area (Å²) in [7, 11) is 4.07. The summed E-state index contributed by atoms with van der Waals surface area (Å²) in [5, 5.41) is 10.3. The third-order valence-electron chi connectivity index (χ3n) is 2.76. The molecule has 0 amide bonds. The number of aromatic nitrogens is 2. The summed E-state index contributed by atoms with van der Waals surface area (Å²) in [5.74, 6) is 0. The molecule has 1 atom stereocenters. The first-order chi connectivity index (χ1) is 8.16. The van der Waals surface area contributed by atoms with Crippen molar-refractivity contribution in [3.8, 4) is 0 Å². The molecule has 90 valence electrons. The molecule has 4 heteroatoms. The number of nitrogens with one attached hydrogen (secondary N) is 2. The molecule has 0 aliphatic heterocycles. The van der Waals surface area contributed by atoms with Gasteiger partial charge in [-0.15, -0.1) is 0 Å². The summed E-state index contributed by atoms with van der Waals surface area (Å²) in [6.07, 6.45) is 1.77. The molecule has 2 N–H and O–H groups in total. The minimum absolute atomic E-state index is 0.225. The second kappa shape index (κ2) is 4.91. The molecule has 2 aromatic rings. The first kappa shape index (κ1) is 11.5. The zero-order valence-corrected chi connectivity index (χ0v) is 10.4. The largest absolute Gasteiger partial charge is 0.378 e. The van der Waals surface area contributed by atoms with Crippen LogP contribution in [0.5, 0.6) is 0 Å². The zero-order chi connectivity index (χ0) is 12.3. The summed E-state index contributed by atoms with van der Waals surface area (Å²) < 4.78 is 0. The lowest BCUT2D eigenvalue weighted by Gasteiger charge is -2.16. The number of rotatable bonds is 4. The van der Waals surface area contributed by atoms with Crippen molar-refractivity contribution in [3.63, 3.8) is 0 Å². The van der Waals surface area contributed by atoms with Crippen LogP contribution in [-0.4, -0.2) is 24.3 Å². The zero-order valence-electron chi connectivity index (χ0n) is 10.4. The Labute approximate surface area is 102 Å². The summed E-state index contributed by atoms with van der Waals surface area (Å²) >= 11 is 0. The Morgan fingerprint density at radius 1 is 1.18 bits per heavy atom. The average molecular weight is 230 g/mol. The van der Waals surface area contributed by atoms with Crippen molar-refractivity contribution >= 4 is 11.4 Å². The fourth-order valence-corrected chi connectivity index (χ4v) is 1.69. The maximum absolute atomic E-state index is 3.95. The van der Waals surface area contributed by atoms with Crippen molar-refractivity contribution in [3.05, 3.63) is 42.2 Å². The van der Waals surface area contributed by atoms with Gasteiger partial charge in [0, 0.05) is 31.7 Å². The van der Waals surface area contributed by atoms with Crippen molar-refractivity contribution in [2.75, 3.05) is 24.3 Å². The maximum atomic E-state index is 3.95. The molecule has 0 saturated heterocycles. The van der Waals surface area contributed by atoms with Gasteiger partial charge in [0.05, 0.1) is 11.7 Å². The van der Waals surface area contributed by atoms with E-state index < -0.39 is 0 Å². The van der Waals surface area contributed by atoms with Gasteiger partial charge >= 0.3 is 0 Å². The summed E-state index contributed by atoms with van der Waals surface area (Å²) in [6.45, 7) is 2.10. The molecule has 0 aliphatic carbocycles. The minimum atomic E-state index is 0.225. The summed E-state index contributed by atoms with van der Waals surface area (Å²) in [5.41, 5.74) is 3.39. The van der Waals surface area contributed by atoms with Gasteiger partial charge in [-0.25, -0.2) is 0 Å². The van der Waals surface area contributed by atoms with Crippen LogP contribution in [0.1, 0.15) is 18.7 Å². The second-order valence-corrected chi connectivity index (χ2v) is 4.32. The highest BCUT2D eigenvalue weighted by Crippen LogP contribution is 2.20. The van der Waals surface area contributed by atoms with E-state index in [-0.39, 0.29) is 6.04 Å². The van der Waals surface area contributed by atoms with E-state index >= 15 is 0 Å². The van der Waals surface area contributed by atoms with E-state index in [9.17, 15) is 0 Å². The first-order valence-corrected chi connectivity index (χ1v) is 5.70. The highest BCUT2D eigenvalue weighted by Gasteiger charge is 2.06. The number of benzene rings is 1. The highest BCUT2D eigenvalue weighted by atomic mass is 15.1. The Balaban J connectivity index is 2.04. The van der Waals surface area contributed by atoms with Gasteiger partial charge in [0.2, 0.25) is 0 Å². The van der Waals surface area contributed by atoms with Crippen LogP contribution in [-0.2, 0) is 0 Å². The van der Waals surface area contributed by atoms with E-state index in [1.54, 1.807) is 6.20 Å². The van der Waals surface area contributed by atoms with Crippen LogP contribution in [0.4, 0.5) is 11.4 Å². The molecular formula is C13H18N4. The molecule has 0 spiro atoms. The van der Waals surface area contributed by atoms with E-state index in [2.05, 4.69) is 51.6 Å². The van der Waals surface area contributed by atoms with E-state index in [0.29, 0.717) is 0 Å². The third-order valence-corrected chi connectivity index (χ3v) is 2.76. The standard InChI is InChI=1S/C13H18N4/c1-10(13-8-9-14-16-13)15-11-4-6-12(7-5-11)17(2)3/h4-10,15H,1-3H3,(H,14,16). The predicted octanol–water partition coefficient (Wildman–Crippen LogP) is 2.65. The van der Waals surface area contributed by atoms with Crippen molar-refractivity contribution in [2.45, 2.75) is 13.0 Å². The molecule has 0 radical (unpaired) electrons.